The minimum absolute atomic E-state index is 0.0858. The summed E-state index contributed by atoms with van der Waals surface area (Å²) in [7, 11) is 1.57. The highest BCUT2D eigenvalue weighted by Crippen LogP contribution is 2.26. The number of phenols is 1. The number of hydrogen-bond acceptors (Lipinski definition) is 5. The molecule has 2 N–H and O–H groups in total. The molecule has 0 aliphatic heterocycles. The zero-order chi connectivity index (χ0) is 19.5. The van der Waals surface area contributed by atoms with Crippen LogP contribution in [0, 0.1) is 0 Å². The van der Waals surface area contributed by atoms with Crippen LogP contribution in [-0.4, -0.2) is 24.2 Å². The van der Waals surface area contributed by atoms with Gasteiger partial charge in [-0.05, 0) is 43.2 Å². The third-order valence-corrected chi connectivity index (χ3v) is 4.98. The van der Waals surface area contributed by atoms with Crippen LogP contribution in [0.1, 0.15) is 36.0 Å². The maximum Gasteiger partial charge on any atom is 0.257 e. The Morgan fingerprint density at radius 3 is 2.75 bits per heavy atom. The number of nitrogens with zero attached hydrogens (tertiary/aromatic N) is 1. The van der Waals surface area contributed by atoms with Crippen LogP contribution in [-0.2, 0) is 0 Å². The molecule has 0 spiro atoms. The van der Waals surface area contributed by atoms with Gasteiger partial charge in [0.05, 0.1) is 7.11 Å². The van der Waals surface area contributed by atoms with Crippen molar-refractivity contribution in [2.45, 2.75) is 31.7 Å². The lowest BCUT2D eigenvalue weighted by Gasteiger charge is -2.12. The molecule has 4 rings (SSSR count). The topological polar surface area (TPSA) is 84.1 Å². The van der Waals surface area contributed by atoms with E-state index in [0.717, 1.165) is 25.7 Å². The molecule has 0 saturated heterocycles. The minimum Gasteiger partial charge on any atom is -0.508 e. The Labute approximate surface area is 162 Å². The van der Waals surface area contributed by atoms with Gasteiger partial charge in [0.1, 0.15) is 28.3 Å². The van der Waals surface area contributed by atoms with Crippen molar-refractivity contribution in [3.05, 3.63) is 59.6 Å². The van der Waals surface area contributed by atoms with Crippen molar-refractivity contribution in [1.29, 1.82) is 0 Å². The summed E-state index contributed by atoms with van der Waals surface area (Å²) >= 11 is 0. The lowest BCUT2D eigenvalue weighted by Crippen LogP contribution is -2.35. The molecule has 144 valence electrons. The largest absolute Gasteiger partial charge is 0.508 e. The molecule has 6 heteroatoms. The van der Waals surface area contributed by atoms with Gasteiger partial charge in [-0.3, -0.25) is 4.79 Å². The second-order valence-corrected chi connectivity index (χ2v) is 6.93. The van der Waals surface area contributed by atoms with Gasteiger partial charge in [0.2, 0.25) is 5.55 Å². The predicted octanol–water partition coefficient (Wildman–Crippen LogP) is 4.05. The summed E-state index contributed by atoms with van der Waals surface area (Å²) in [5.41, 5.74) is 1.54. The van der Waals surface area contributed by atoms with Crippen LogP contribution in [0.2, 0.25) is 0 Å². The molecule has 0 radical (unpaired) electrons. The number of ether oxygens (including phenoxy) is 1. The summed E-state index contributed by atoms with van der Waals surface area (Å²) in [6.07, 6.45) is 4.24. The highest BCUT2D eigenvalue weighted by molar-refractivity contribution is 5.97. The van der Waals surface area contributed by atoms with Crippen molar-refractivity contribution in [1.82, 2.24) is 5.32 Å². The van der Waals surface area contributed by atoms with Crippen LogP contribution in [0.3, 0.4) is 0 Å². The van der Waals surface area contributed by atoms with Crippen LogP contribution in [0.25, 0.3) is 11.0 Å². The summed E-state index contributed by atoms with van der Waals surface area (Å²) in [5.74, 6) is 0.456. The summed E-state index contributed by atoms with van der Waals surface area (Å²) in [6, 6.07) is 14.0. The molecule has 2 aromatic carbocycles. The second kappa shape index (κ2) is 7.76. The monoisotopic (exact) mass is 378 g/mol. The fraction of sp³-hybridized carbons (Fsp3) is 0.273. The van der Waals surface area contributed by atoms with Crippen molar-refractivity contribution < 1.29 is 19.1 Å². The third-order valence-electron chi connectivity index (χ3n) is 4.98. The maximum absolute atomic E-state index is 13.0. The fourth-order valence-electron chi connectivity index (χ4n) is 3.52. The summed E-state index contributed by atoms with van der Waals surface area (Å²) in [6.45, 7) is 0. The van der Waals surface area contributed by atoms with E-state index in [0.29, 0.717) is 28.0 Å². The van der Waals surface area contributed by atoms with Gasteiger partial charge >= 0.3 is 0 Å². The first-order valence-electron chi connectivity index (χ1n) is 9.39. The maximum atomic E-state index is 13.0. The first-order valence-corrected chi connectivity index (χ1v) is 9.39. The van der Waals surface area contributed by atoms with Crippen molar-refractivity contribution in [2.24, 2.45) is 4.99 Å². The fourth-order valence-corrected chi connectivity index (χ4v) is 3.52. The smallest absolute Gasteiger partial charge is 0.257 e. The number of benzene rings is 2. The normalized spacial score (nSPS) is 15.1. The van der Waals surface area contributed by atoms with E-state index in [9.17, 15) is 9.90 Å². The van der Waals surface area contributed by atoms with Crippen molar-refractivity contribution in [3.63, 3.8) is 0 Å². The molecule has 6 nitrogen and oxygen atoms in total. The number of fused-ring (bicyclic) bond motifs is 1. The number of phenolic OH excluding ortho intramolecular Hbond substituents is 1. The molecule has 1 fully saturated rings. The number of hydrogen-bond donors (Lipinski definition) is 2. The first kappa shape index (κ1) is 18.1. The molecule has 28 heavy (non-hydrogen) atoms. The number of amides is 1. The average molecular weight is 378 g/mol. The van der Waals surface area contributed by atoms with Crippen LogP contribution in [0.5, 0.6) is 11.5 Å². The molecular formula is C22H22N2O4. The van der Waals surface area contributed by atoms with Crippen molar-refractivity contribution in [3.8, 4) is 11.5 Å². The van der Waals surface area contributed by atoms with E-state index < -0.39 is 0 Å². The molecule has 1 aromatic heterocycles. The van der Waals surface area contributed by atoms with E-state index in [2.05, 4.69) is 10.3 Å². The third kappa shape index (κ3) is 3.71. The lowest BCUT2D eigenvalue weighted by atomic mass is 10.1. The Morgan fingerprint density at radius 1 is 1.18 bits per heavy atom. The second-order valence-electron chi connectivity index (χ2n) is 6.93. The predicted molar refractivity (Wildman–Crippen MR) is 106 cm³/mol. The Hall–Kier alpha value is -3.28. The van der Waals surface area contributed by atoms with Crippen LogP contribution < -0.4 is 15.6 Å². The number of rotatable bonds is 4. The SMILES string of the molecule is COc1ccccc1N=c1oc2cc(O)ccc2cc1C(=O)NC1CCCC1. The van der Waals surface area contributed by atoms with Crippen LogP contribution in [0.15, 0.2) is 57.9 Å². The van der Waals surface area contributed by atoms with Gasteiger partial charge in [0, 0.05) is 17.5 Å². The highest BCUT2D eigenvalue weighted by atomic mass is 16.5. The van der Waals surface area contributed by atoms with E-state index in [4.69, 9.17) is 9.15 Å². The number of nitrogens with one attached hydrogen (secondary N) is 1. The van der Waals surface area contributed by atoms with E-state index in [1.165, 1.54) is 6.07 Å². The zero-order valence-electron chi connectivity index (χ0n) is 15.6. The van der Waals surface area contributed by atoms with Gasteiger partial charge in [-0.2, -0.15) is 0 Å². The standard InChI is InChI=1S/C22H22N2O4/c1-27-19-9-5-4-8-18(19)24-22-17(21(26)23-15-6-2-3-7-15)12-14-10-11-16(25)13-20(14)28-22/h4-5,8-13,15,25H,2-3,6-7H2,1H3,(H,23,26). The number of methoxy groups -OCH3 is 1. The summed E-state index contributed by atoms with van der Waals surface area (Å²) in [5, 5.41) is 13.6. The van der Waals surface area contributed by atoms with Crippen LogP contribution >= 0.6 is 0 Å². The van der Waals surface area contributed by atoms with E-state index >= 15 is 0 Å². The molecule has 0 unspecified atom stereocenters. The number of carbonyl (C=O) groups excluding carboxylic acids is 1. The summed E-state index contributed by atoms with van der Waals surface area (Å²) in [4.78, 5) is 17.5. The van der Waals surface area contributed by atoms with Crippen molar-refractivity contribution in [2.75, 3.05) is 7.11 Å². The molecular weight excluding hydrogens is 356 g/mol. The Kier molecular flexibility index (Phi) is 5.02. The minimum atomic E-state index is -0.209. The van der Waals surface area contributed by atoms with Gasteiger partial charge in [-0.15, -0.1) is 0 Å². The molecule has 1 aliphatic rings. The number of carbonyl (C=O) groups is 1. The van der Waals surface area contributed by atoms with Gasteiger partial charge in [-0.1, -0.05) is 25.0 Å². The molecule has 1 saturated carbocycles. The molecule has 1 heterocycles. The lowest BCUT2D eigenvalue weighted by molar-refractivity contribution is 0.0934. The number of para-hydroxylation sites is 2. The quantitative estimate of drug-likeness (QED) is 0.717. The Balaban J connectivity index is 1.86. The molecule has 1 aliphatic carbocycles. The van der Waals surface area contributed by atoms with Crippen molar-refractivity contribution >= 4 is 22.6 Å². The Morgan fingerprint density at radius 2 is 1.96 bits per heavy atom. The van der Waals surface area contributed by atoms with Gasteiger partial charge < -0.3 is 19.6 Å². The van der Waals surface area contributed by atoms with Crippen LogP contribution in [0.4, 0.5) is 5.69 Å². The van der Waals surface area contributed by atoms with Gasteiger partial charge in [-0.25, -0.2) is 4.99 Å². The zero-order valence-corrected chi connectivity index (χ0v) is 15.6. The summed E-state index contributed by atoms with van der Waals surface area (Å²) < 4.78 is 11.3. The molecule has 0 bridgehead atoms. The number of aromatic hydroxyl groups is 1. The van der Waals surface area contributed by atoms with Gasteiger partial charge in [0.25, 0.3) is 5.91 Å². The molecule has 1 amide bonds. The van der Waals surface area contributed by atoms with E-state index in [1.54, 1.807) is 37.4 Å². The van der Waals surface area contributed by atoms with Gasteiger partial charge in [0.15, 0.2) is 0 Å². The highest BCUT2D eigenvalue weighted by Gasteiger charge is 2.20. The first-order chi connectivity index (χ1) is 13.6. The molecule has 0 atom stereocenters. The average Bonchev–Trinajstić information content (AvgIpc) is 3.20. The van der Waals surface area contributed by atoms with E-state index in [1.807, 2.05) is 12.1 Å². The molecule has 3 aromatic rings. The van der Waals surface area contributed by atoms with E-state index in [-0.39, 0.29) is 23.3 Å². The Bertz CT molecular complexity index is 1080.